The molecule has 0 N–H and O–H groups in total. The van der Waals surface area contributed by atoms with E-state index in [2.05, 4.69) is 85.4 Å². The van der Waals surface area contributed by atoms with Crippen molar-refractivity contribution < 1.29 is 4.74 Å². The summed E-state index contributed by atoms with van der Waals surface area (Å²) in [6.45, 7) is 9.29. The fraction of sp³-hybridized carbons (Fsp3) is 0.231. The Morgan fingerprint density at radius 2 is 1.63 bits per heavy atom. The molecule has 4 heteroatoms. The van der Waals surface area contributed by atoms with Crippen molar-refractivity contribution in [3.8, 4) is 11.6 Å². The van der Waals surface area contributed by atoms with E-state index in [-0.39, 0.29) is 5.41 Å². The number of hydrogen-bond donors (Lipinski definition) is 0. The molecule has 0 atom stereocenters. The highest BCUT2D eigenvalue weighted by Crippen LogP contribution is 2.24. The van der Waals surface area contributed by atoms with Gasteiger partial charge in [0.25, 0.3) is 0 Å². The van der Waals surface area contributed by atoms with Crippen molar-refractivity contribution >= 4 is 23.2 Å². The zero-order chi connectivity index (χ0) is 21.1. The van der Waals surface area contributed by atoms with Crippen LogP contribution < -0.4 is 4.74 Å². The summed E-state index contributed by atoms with van der Waals surface area (Å²) in [6.07, 6.45) is 7.82. The van der Waals surface area contributed by atoms with Crippen LogP contribution in [0.1, 0.15) is 44.4 Å². The Morgan fingerprint density at radius 1 is 0.900 bits per heavy atom. The SMILES string of the molecule is CCOc1ccc(-n2cnc3cc(C=Cc4ccc(C(C)(C)C)cc4)ccc32)nc1. The van der Waals surface area contributed by atoms with Gasteiger partial charge in [0.05, 0.1) is 23.8 Å². The van der Waals surface area contributed by atoms with E-state index in [0.29, 0.717) is 6.61 Å². The lowest BCUT2D eigenvalue weighted by Gasteiger charge is -2.18. The molecule has 0 amide bonds. The molecular weight excluding hydrogens is 370 g/mol. The van der Waals surface area contributed by atoms with Crippen LogP contribution in [0.3, 0.4) is 0 Å². The molecule has 2 heterocycles. The third-order valence-corrected chi connectivity index (χ3v) is 5.09. The maximum atomic E-state index is 5.47. The third-order valence-electron chi connectivity index (χ3n) is 5.09. The van der Waals surface area contributed by atoms with E-state index in [4.69, 9.17) is 4.74 Å². The first-order valence-electron chi connectivity index (χ1n) is 10.3. The Balaban J connectivity index is 1.55. The molecule has 2 aromatic carbocycles. The van der Waals surface area contributed by atoms with Gasteiger partial charge in [0.2, 0.25) is 0 Å². The predicted octanol–water partition coefficient (Wildman–Crippen LogP) is 6.29. The maximum Gasteiger partial charge on any atom is 0.138 e. The molecule has 4 nitrogen and oxygen atoms in total. The molecule has 4 rings (SSSR count). The number of ether oxygens (including phenoxy) is 1. The number of nitrogens with zero attached hydrogens (tertiary/aromatic N) is 3. The quantitative estimate of drug-likeness (QED) is 0.372. The Hall–Kier alpha value is -3.40. The van der Waals surface area contributed by atoms with Gasteiger partial charge in [-0.2, -0.15) is 0 Å². The molecule has 2 aromatic heterocycles. The standard InChI is InChI=1S/C26H27N3O/c1-5-30-22-13-15-25(27-17-22)29-18-28-23-16-20(10-14-24(23)29)7-6-19-8-11-21(12-9-19)26(2,3)4/h6-18H,5H2,1-4H3. The molecular formula is C26H27N3O. The van der Waals surface area contributed by atoms with Gasteiger partial charge < -0.3 is 4.74 Å². The average Bonchev–Trinajstić information content (AvgIpc) is 3.16. The summed E-state index contributed by atoms with van der Waals surface area (Å²) in [5, 5.41) is 0. The van der Waals surface area contributed by atoms with Crippen LogP contribution in [0.15, 0.2) is 67.1 Å². The number of pyridine rings is 1. The number of imidazole rings is 1. The van der Waals surface area contributed by atoms with E-state index in [0.717, 1.165) is 28.2 Å². The fourth-order valence-corrected chi connectivity index (χ4v) is 3.37. The number of aromatic nitrogens is 3. The van der Waals surface area contributed by atoms with Crippen molar-refractivity contribution in [2.24, 2.45) is 0 Å². The minimum absolute atomic E-state index is 0.171. The molecule has 4 aromatic rings. The molecule has 0 unspecified atom stereocenters. The summed E-state index contributed by atoms with van der Waals surface area (Å²) in [6, 6.07) is 18.9. The molecule has 30 heavy (non-hydrogen) atoms. The summed E-state index contributed by atoms with van der Waals surface area (Å²) in [7, 11) is 0. The molecule has 0 bridgehead atoms. The van der Waals surface area contributed by atoms with Gasteiger partial charge in [-0.05, 0) is 53.3 Å². The van der Waals surface area contributed by atoms with Gasteiger partial charge in [0.15, 0.2) is 0 Å². The minimum Gasteiger partial charge on any atom is -0.492 e. The second kappa shape index (κ2) is 8.15. The van der Waals surface area contributed by atoms with E-state index >= 15 is 0 Å². The topological polar surface area (TPSA) is 39.9 Å². The molecule has 0 radical (unpaired) electrons. The van der Waals surface area contributed by atoms with E-state index in [1.807, 2.05) is 30.0 Å². The average molecular weight is 398 g/mol. The fourth-order valence-electron chi connectivity index (χ4n) is 3.37. The van der Waals surface area contributed by atoms with Crippen molar-refractivity contribution in [1.82, 2.24) is 14.5 Å². The summed E-state index contributed by atoms with van der Waals surface area (Å²) in [5.74, 6) is 1.59. The highest BCUT2D eigenvalue weighted by Gasteiger charge is 2.12. The molecule has 152 valence electrons. The predicted molar refractivity (Wildman–Crippen MR) is 124 cm³/mol. The van der Waals surface area contributed by atoms with Crippen molar-refractivity contribution in [2.75, 3.05) is 6.61 Å². The van der Waals surface area contributed by atoms with Crippen molar-refractivity contribution in [1.29, 1.82) is 0 Å². The van der Waals surface area contributed by atoms with E-state index < -0.39 is 0 Å². The summed E-state index contributed by atoms with van der Waals surface area (Å²) < 4.78 is 7.46. The zero-order valence-electron chi connectivity index (χ0n) is 18.0. The number of fused-ring (bicyclic) bond motifs is 1. The lowest BCUT2D eigenvalue weighted by Crippen LogP contribution is -2.10. The van der Waals surface area contributed by atoms with Crippen molar-refractivity contribution in [3.05, 3.63) is 83.8 Å². The lowest BCUT2D eigenvalue weighted by atomic mass is 9.87. The molecule has 0 aliphatic heterocycles. The first-order valence-corrected chi connectivity index (χ1v) is 10.3. The van der Waals surface area contributed by atoms with Gasteiger partial charge >= 0.3 is 0 Å². The molecule has 0 saturated carbocycles. The van der Waals surface area contributed by atoms with Crippen molar-refractivity contribution in [3.63, 3.8) is 0 Å². The normalized spacial score (nSPS) is 12.0. The second-order valence-electron chi connectivity index (χ2n) is 8.35. The minimum atomic E-state index is 0.171. The maximum absolute atomic E-state index is 5.47. The van der Waals surface area contributed by atoms with Gasteiger partial charge in [-0.3, -0.25) is 4.57 Å². The van der Waals surface area contributed by atoms with Gasteiger partial charge in [-0.25, -0.2) is 9.97 Å². The number of benzene rings is 2. The van der Waals surface area contributed by atoms with Crippen LogP contribution in [0.4, 0.5) is 0 Å². The van der Waals surface area contributed by atoms with Crippen LogP contribution in [0, 0.1) is 0 Å². The number of hydrogen-bond acceptors (Lipinski definition) is 3. The monoisotopic (exact) mass is 397 g/mol. The van der Waals surface area contributed by atoms with Crippen LogP contribution in [-0.4, -0.2) is 21.1 Å². The lowest BCUT2D eigenvalue weighted by molar-refractivity contribution is 0.339. The second-order valence-corrected chi connectivity index (χ2v) is 8.35. The zero-order valence-corrected chi connectivity index (χ0v) is 18.0. The number of rotatable bonds is 5. The van der Waals surface area contributed by atoms with Crippen LogP contribution >= 0.6 is 0 Å². The van der Waals surface area contributed by atoms with Crippen LogP contribution in [0.25, 0.3) is 29.0 Å². The first-order chi connectivity index (χ1) is 14.4. The smallest absolute Gasteiger partial charge is 0.138 e. The molecule has 0 fully saturated rings. The van der Waals surface area contributed by atoms with Crippen LogP contribution in [0.2, 0.25) is 0 Å². The highest BCUT2D eigenvalue weighted by atomic mass is 16.5. The Bertz CT molecular complexity index is 1160. The van der Waals surface area contributed by atoms with E-state index in [1.54, 1.807) is 6.20 Å². The van der Waals surface area contributed by atoms with Gasteiger partial charge in [-0.1, -0.05) is 63.3 Å². The van der Waals surface area contributed by atoms with Crippen LogP contribution in [0.5, 0.6) is 5.75 Å². The largest absolute Gasteiger partial charge is 0.492 e. The molecule has 0 saturated heterocycles. The van der Waals surface area contributed by atoms with E-state index in [1.165, 1.54) is 11.1 Å². The Kier molecular flexibility index (Phi) is 5.40. The Labute approximate surface area is 177 Å². The Morgan fingerprint density at radius 3 is 2.30 bits per heavy atom. The van der Waals surface area contributed by atoms with Crippen LogP contribution in [-0.2, 0) is 5.41 Å². The summed E-state index contributed by atoms with van der Waals surface area (Å²) in [4.78, 5) is 9.06. The summed E-state index contributed by atoms with van der Waals surface area (Å²) >= 11 is 0. The van der Waals surface area contributed by atoms with Crippen molar-refractivity contribution in [2.45, 2.75) is 33.1 Å². The van der Waals surface area contributed by atoms with Gasteiger partial charge in [0, 0.05) is 0 Å². The van der Waals surface area contributed by atoms with E-state index in [9.17, 15) is 0 Å². The third kappa shape index (κ3) is 4.28. The molecule has 0 spiro atoms. The van der Waals surface area contributed by atoms with Gasteiger partial charge in [0.1, 0.15) is 17.9 Å². The summed E-state index contributed by atoms with van der Waals surface area (Å²) in [5.41, 5.74) is 5.79. The molecule has 0 aliphatic rings. The molecule has 0 aliphatic carbocycles. The first kappa shape index (κ1) is 19.9. The highest BCUT2D eigenvalue weighted by molar-refractivity contribution is 5.82. The van der Waals surface area contributed by atoms with Gasteiger partial charge in [-0.15, -0.1) is 0 Å².